The predicted molar refractivity (Wildman–Crippen MR) is 73.2 cm³/mol. The molecular formula is C15H29NO. The van der Waals surface area contributed by atoms with Crippen molar-refractivity contribution in [2.75, 3.05) is 6.54 Å². The van der Waals surface area contributed by atoms with Gasteiger partial charge >= 0.3 is 0 Å². The van der Waals surface area contributed by atoms with Crippen molar-refractivity contribution >= 4 is 5.78 Å². The molecule has 1 saturated carbocycles. The van der Waals surface area contributed by atoms with E-state index in [9.17, 15) is 4.79 Å². The molecule has 0 aromatic heterocycles. The molecule has 1 unspecified atom stereocenters. The number of carbonyl (C=O) groups is 1. The van der Waals surface area contributed by atoms with Crippen LogP contribution in [-0.4, -0.2) is 29.3 Å². The molecule has 1 aliphatic rings. The van der Waals surface area contributed by atoms with Gasteiger partial charge in [0.25, 0.3) is 0 Å². The predicted octanol–water partition coefficient (Wildman–Crippen LogP) is 3.64. The SMILES string of the molecule is CCC(=O)C(C)N(CCC(C)C)C1CCCC1. The number of Topliss-reactive ketones (excluding diaryl/α,β-unsaturated/α-hetero) is 1. The molecule has 0 aromatic rings. The molecule has 1 fully saturated rings. The van der Waals surface area contributed by atoms with Gasteiger partial charge in [-0.25, -0.2) is 0 Å². The van der Waals surface area contributed by atoms with E-state index in [-0.39, 0.29) is 6.04 Å². The van der Waals surface area contributed by atoms with Crippen molar-refractivity contribution in [3.05, 3.63) is 0 Å². The fraction of sp³-hybridized carbons (Fsp3) is 0.933. The lowest BCUT2D eigenvalue weighted by Gasteiger charge is -2.34. The molecule has 2 heteroatoms. The van der Waals surface area contributed by atoms with E-state index in [0.29, 0.717) is 18.2 Å². The van der Waals surface area contributed by atoms with Gasteiger partial charge in [-0.15, -0.1) is 0 Å². The highest BCUT2D eigenvalue weighted by Crippen LogP contribution is 2.26. The number of nitrogens with zero attached hydrogens (tertiary/aromatic N) is 1. The van der Waals surface area contributed by atoms with E-state index in [2.05, 4.69) is 25.7 Å². The van der Waals surface area contributed by atoms with Gasteiger partial charge in [0.2, 0.25) is 0 Å². The fourth-order valence-electron chi connectivity index (χ4n) is 2.82. The van der Waals surface area contributed by atoms with Crippen molar-refractivity contribution < 1.29 is 4.79 Å². The van der Waals surface area contributed by atoms with Crippen LogP contribution in [0, 0.1) is 5.92 Å². The summed E-state index contributed by atoms with van der Waals surface area (Å²) in [6.45, 7) is 9.70. The molecule has 17 heavy (non-hydrogen) atoms. The lowest BCUT2D eigenvalue weighted by molar-refractivity contribution is -0.124. The van der Waals surface area contributed by atoms with Crippen molar-refractivity contribution in [3.8, 4) is 0 Å². The van der Waals surface area contributed by atoms with E-state index in [0.717, 1.165) is 12.5 Å². The van der Waals surface area contributed by atoms with Crippen LogP contribution < -0.4 is 0 Å². The Kier molecular flexibility index (Phi) is 6.18. The van der Waals surface area contributed by atoms with Crippen LogP contribution in [0.4, 0.5) is 0 Å². The Morgan fingerprint density at radius 1 is 1.24 bits per heavy atom. The van der Waals surface area contributed by atoms with Gasteiger partial charge in [-0.3, -0.25) is 9.69 Å². The smallest absolute Gasteiger partial charge is 0.149 e. The molecule has 0 aliphatic heterocycles. The van der Waals surface area contributed by atoms with Gasteiger partial charge in [0.1, 0.15) is 5.78 Å². The molecule has 1 aliphatic carbocycles. The highest BCUT2D eigenvalue weighted by atomic mass is 16.1. The normalized spacial score (nSPS) is 19.2. The summed E-state index contributed by atoms with van der Waals surface area (Å²) >= 11 is 0. The summed E-state index contributed by atoms with van der Waals surface area (Å²) < 4.78 is 0. The second-order valence-electron chi connectivity index (χ2n) is 5.85. The van der Waals surface area contributed by atoms with Crippen LogP contribution in [0.1, 0.15) is 66.2 Å². The van der Waals surface area contributed by atoms with E-state index >= 15 is 0 Å². The minimum atomic E-state index is 0.127. The Morgan fingerprint density at radius 3 is 2.29 bits per heavy atom. The molecule has 1 atom stereocenters. The van der Waals surface area contributed by atoms with Gasteiger partial charge in [-0.2, -0.15) is 0 Å². The average molecular weight is 239 g/mol. The maximum Gasteiger partial charge on any atom is 0.149 e. The third-order valence-electron chi connectivity index (χ3n) is 4.07. The third kappa shape index (κ3) is 4.42. The zero-order valence-electron chi connectivity index (χ0n) is 12.0. The van der Waals surface area contributed by atoms with Gasteiger partial charge in [0.15, 0.2) is 0 Å². The maximum absolute atomic E-state index is 11.9. The molecular weight excluding hydrogens is 210 g/mol. The van der Waals surface area contributed by atoms with Crippen LogP contribution in [0.5, 0.6) is 0 Å². The molecule has 0 heterocycles. The number of ketones is 1. The molecule has 0 saturated heterocycles. The first-order valence-corrected chi connectivity index (χ1v) is 7.34. The number of hydrogen-bond donors (Lipinski definition) is 0. The van der Waals surface area contributed by atoms with E-state index < -0.39 is 0 Å². The topological polar surface area (TPSA) is 20.3 Å². The standard InChI is InChI=1S/C15H29NO/c1-5-15(17)13(4)16(11-10-12(2)3)14-8-6-7-9-14/h12-14H,5-11H2,1-4H3. The lowest BCUT2D eigenvalue weighted by atomic mass is 10.0. The van der Waals surface area contributed by atoms with Crippen molar-refractivity contribution in [3.63, 3.8) is 0 Å². The van der Waals surface area contributed by atoms with Crippen LogP contribution in [-0.2, 0) is 4.79 Å². The average Bonchev–Trinajstić information content (AvgIpc) is 2.81. The van der Waals surface area contributed by atoms with E-state index in [4.69, 9.17) is 0 Å². The largest absolute Gasteiger partial charge is 0.298 e. The maximum atomic E-state index is 11.9. The molecule has 1 rings (SSSR count). The lowest BCUT2D eigenvalue weighted by Crippen LogP contribution is -2.45. The van der Waals surface area contributed by atoms with E-state index in [1.165, 1.54) is 32.1 Å². The molecule has 0 amide bonds. The Labute approximate surface area is 107 Å². The van der Waals surface area contributed by atoms with Crippen molar-refractivity contribution in [1.29, 1.82) is 0 Å². The first kappa shape index (κ1) is 14.7. The number of rotatable bonds is 7. The summed E-state index contributed by atoms with van der Waals surface area (Å²) in [6.07, 6.45) is 7.15. The molecule has 0 radical (unpaired) electrons. The summed E-state index contributed by atoms with van der Waals surface area (Å²) in [5.41, 5.74) is 0. The Morgan fingerprint density at radius 2 is 1.82 bits per heavy atom. The van der Waals surface area contributed by atoms with Crippen LogP contribution in [0.3, 0.4) is 0 Å². The number of carbonyl (C=O) groups excluding carboxylic acids is 1. The third-order valence-corrected chi connectivity index (χ3v) is 4.07. The van der Waals surface area contributed by atoms with E-state index in [1.54, 1.807) is 0 Å². The Bertz CT molecular complexity index is 231. The molecule has 2 nitrogen and oxygen atoms in total. The van der Waals surface area contributed by atoms with Gasteiger partial charge in [-0.1, -0.05) is 33.6 Å². The quantitative estimate of drug-likeness (QED) is 0.676. The molecule has 0 N–H and O–H groups in total. The molecule has 0 bridgehead atoms. The van der Waals surface area contributed by atoms with Crippen LogP contribution in [0.2, 0.25) is 0 Å². The highest BCUT2D eigenvalue weighted by Gasteiger charge is 2.28. The zero-order chi connectivity index (χ0) is 12.8. The summed E-state index contributed by atoms with van der Waals surface area (Å²) in [5, 5.41) is 0. The summed E-state index contributed by atoms with van der Waals surface area (Å²) in [4.78, 5) is 14.4. The molecule has 0 aromatic carbocycles. The summed E-state index contributed by atoms with van der Waals surface area (Å²) in [6, 6.07) is 0.793. The van der Waals surface area contributed by atoms with E-state index in [1.807, 2.05) is 6.92 Å². The van der Waals surface area contributed by atoms with Gasteiger partial charge < -0.3 is 0 Å². The monoisotopic (exact) mass is 239 g/mol. The van der Waals surface area contributed by atoms with Gasteiger partial charge in [-0.05, 0) is 38.6 Å². The molecule has 100 valence electrons. The van der Waals surface area contributed by atoms with Crippen molar-refractivity contribution in [1.82, 2.24) is 4.90 Å². The highest BCUT2D eigenvalue weighted by molar-refractivity contribution is 5.83. The fourth-order valence-corrected chi connectivity index (χ4v) is 2.82. The first-order valence-electron chi connectivity index (χ1n) is 7.34. The second-order valence-corrected chi connectivity index (χ2v) is 5.85. The Balaban J connectivity index is 2.59. The minimum Gasteiger partial charge on any atom is -0.298 e. The van der Waals surface area contributed by atoms with Crippen molar-refractivity contribution in [2.24, 2.45) is 5.92 Å². The Hall–Kier alpha value is -0.370. The number of hydrogen-bond acceptors (Lipinski definition) is 2. The van der Waals surface area contributed by atoms with Crippen LogP contribution >= 0.6 is 0 Å². The van der Waals surface area contributed by atoms with Crippen LogP contribution in [0.15, 0.2) is 0 Å². The second kappa shape index (κ2) is 7.15. The van der Waals surface area contributed by atoms with Gasteiger partial charge in [0.05, 0.1) is 6.04 Å². The summed E-state index contributed by atoms with van der Waals surface area (Å²) in [5.74, 6) is 1.13. The molecule has 0 spiro atoms. The minimum absolute atomic E-state index is 0.127. The van der Waals surface area contributed by atoms with Gasteiger partial charge in [0, 0.05) is 12.5 Å². The van der Waals surface area contributed by atoms with Crippen LogP contribution in [0.25, 0.3) is 0 Å². The zero-order valence-corrected chi connectivity index (χ0v) is 12.0. The first-order chi connectivity index (χ1) is 8.06. The summed E-state index contributed by atoms with van der Waals surface area (Å²) in [7, 11) is 0. The van der Waals surface area contributed by atoms with Crippen molar-refractivity contribution in [2.45, 2.75) is 78.3 Å².